The molecule has 1 aromatic heterocycles. The van der Waals surface area contributed by atoms with Crippen LogP contribution in [0, 0.1) is 22.7 Å². The minimum atomic E-state index is 0.157. The summed E-state index contributed by atoms with van der Waals surface area (Å²) in [5.41, 5.74) is 5.60. The molecule has 1 unspecified atom stereocenters. The van der Waals surface area contributed by atoms with Gasteiger partial charge in [0.15, 0.2) is 0 Å². The number of amides is 1. The molecule has 0 bridgehead atoms. The van der Waals surface area contributed by atoms with Crippen molar-refractivity contribution < 1.29 is 4.79 Å². The highest BCUT2D eigenvalue weighted by molar-refractivity contribution is 7.99. The minimum absolute atomic E-state index is 0.157. The average Bonchev–Trinajstić information content (AvgIpc) is 2.77. The molecular formula is C26H31N3OS. The van der Waals surface area contributed by atoms with Gasteiger partial charge in [-0.1, -0.05) is 39.0 Å². The fourth-order valence-corrected chi connectivity index (χ4v) is 5.64. The number of carbonyl (C=O) groups is 1. The van der Waals surface area contributed by atoms with Crippen LogP contribution < -0.4 is 4.90 Å². The monoisotopic (exact) mass is 433 g/mol. The maximum Gasteiger partial charge on any atom is 0.227 e. The third-order valence-corrected chi connectivity index (χ3v) is 7.66. The zero-order valence-corrected chi connectivity index (χ0v) is 19.6. The normalized spacial score (nSPS) is 18.1. The smallest absolute Gasteiger partial charge is 0.227 e. The first-order valence-electron chi connectivity index (χ1n) is 11.3. The molecule has 162 valence electrons. The molecule has 5 heteroatoms. The first kappa shape index (κ1) is 21.9. The van der Waals surface area contributed by atoms with Crippen molar-refractivity contribution in [2.75, 3.05) is 17.2 Å². The van der Waals surface area contributed by atoms with Gasteiger partial charge in [0, 0.05) is 30.1 Å². The lowest BCUT2D eigenvalue weighted by Gasteiger charge is -2.34. The summed E-state index contributed by atoms with van der Waals surface area (Å²) in [4.78, 5) is 19.7. The van der Waals surface area contributed by atoms with Gasteiger partial charge in [0.25, 0.3) is 0 Å². The molecule has 2 heterocycles. The first-order valence-corrected chi connectivity index (χ1v) is 12.3. The predicted molar refractivity (Wildman–Crippen MR) is 126 cm³/mol. The SMILES string of the molecule is CC(C)(C)C1CCc2nc(SCCC(=O)N3CCCc4ccccc43)c(C#N)cc2C1. The fraction of sp³-hybridized carbons (Fsp3) is 0.500. The summed E-state index contributed by atoms with van der Waals surface area (Å²) >= 11 is 1.54. The summed E-state index contributed by atoms with van der Waals surface area (Å²) < 4.78 is 0. The van der Waals surface area contributed by atoms with Crippen molar-refractivity contribution in [2.24, 2.45) is 11.3 Å². The number of nitrogens with zero attached hydrogens (tertiary/aromatic N) is 3. The molecule has 0 radical (unpaired) electrons. The number of rotatable bonds is 4. The summed E-state index contributed by atoms with van der Waals surface area (Å²) in [7, 11) is 0. The molecule has 31 heavy (non-hydrogen) atoms. The molecule has 4 rings (SSSR count). The van der Waals surface area contributed by atoms with Crippen molar-refractivity contribution in [1.29, 1.82) is 5.26 Å². The van der Waals surface area contributed by atoms with Crippen LogP contribution in [0.15, 0.2) is 35.4 Å². The molecule has 1 atom stereocenters. The zero-order chi connectivity index (χ0) is 22.0. The van der Waals surface area contributed by atoms with Gasteiger partial charge in [0.2, 0.25) is 5.91 Å². The Labute approximate surface area is 190 Å². The highest BCUT2D eigenvalue weighted by atomic mass is 32.2. The number of aryl methyl sites for hydroxylation is 2. The van der Waals surface area contributed by atoms with Crippen LogP contribution in [-0.4, -0.2) is 23.2 Å². The number of hydrogen-bond acceptors (Lipinski definition) is 4. The van der Waals surface area contributed by atoms with E-state index in [0.29, 0.717) is 23.7 Å². The zero-order valence-electron chi connectivity index (χ0n) is 18.8. The highest BCUT2D eigenvalue weighted by Gasteiger charge is 2.30. The summed E-state index contributed by atoms with van der Waals surface area (Å²) in [6.07, 6.45) is 5.62. The Morgan fingerprint density at radius 3 is 2.84 bits per heavy atom. The maximum absolute atomic E-state index is 12.9. The molecule has 1 aromatic carbocycles. The minimum Gasteiger partial charge on any atom is -0.312 e. The van der Waals surface area contributed by atoms with E-state index in [-0.39, 0.29) is 11.3 Å². The van der Waals surface area contributed by atoms with Gasteiger partial charge in [-0.3, -0.25) is 4.79 Å². The van der Waals surface area contributed by atoms with E-state index < -0.39 is 0 Å². The van der Waals surface area contributed by atoms with Crippen LogP contribution in [0.3, 0.4) is 0 Å². The Kier molecular flexibility index (Phi) is 6.39. The molecule has 1 aliphatic heterocycles. The van der Waals surface area contributed by atoms with Gasteiger partial charge in [-0.05, 0) is 66.7 Å². The van der Waals surface area contributed by atoms with E-state index in [1.807, 2.05) is 29.2 Å². The second-order valence-corrected chi connectivity index (χ2v) is 10.8. The number of pyridine rings is 1. The van der Waals surface area contributed by atoms with E-state index in [1.54, 1.807) is 11.8 Å². The number of fused-ring (bicyclic) bond motifs is 2. The Morgan fingerprint density at radius 1 is 1.26 bits per heavy atom. The third kappa shape index (κ3) is 4.80. The van der Waals surface area contributed by atoms with Crippen molar-refractivity contribution in [1.82, 2.24) is 4.98 Å². The van der Waals surface area contributed by atoms with Gasteiger partial charge >= 0.3 is 0 Å². The number of thioether (sulfide) groups is 1. The van der Waals surface area contributed by atoms with Crippen LogP contribution in [-0.2, 0) is 24.1 Å². The fourth-order valence-electron chi connectivity index (χ4n) is 4.74. The lowest BCUT2D eigenvalue weighted by molar-refractivity contribution is -0.118. The third-order valence-electron chi connectivity index (χ3n) is 6.66. The molecule has 0 fully saturated rings. The van der Waals surface area contributed by atoms with Crippen molar-refractivity contribution in [2.45, 2.75) is 64.3 Å². The highest BCUT2D eigenvalue weighted by Crippen LogP contribution is 2.38. The Bertz CT molecular complexity index is 1020. The number of hydrogen-bond donors (Lipinski definition) is 0. The van der Waals surface area contributed by atoms with E-state index in [4.69, 9.17) is 4.98 Å². The number of anilines is 1. The maximum atomic E-state index is 12.9. The van der Waals surface area contributed by atoms with E-state index in [1.165, 1.54) is 11.1 Å². The molecule has 2 aromatic rings. The Balaban J connectivity index is 1.42. The van der Waals surface area contributed by atoms with Crippen molar-refractivity contribution in [3.8, 4) is 6.07 Å². The number of aromatic nitrogens is 1. The van der Waals surface area contributed by atoms with Gasteiger partial charge in [-0.15, -0.1) is 11.8 Å². The lowest BCUT2D eigenvalue weighted by atomic mass is 9.71. The summed E-state index contributed by atoms with van der Waals surface area (Å²) in [5.74, 6) is 1.42. The number of carbonyl (C=O) groups excluding carboxylic acids is 1. The standard InChI is InChI=1S/C26H31N3OS/c1-26(2,3)21-10-11-22-19(16-21)15-20(17-27)25(28-22)31-14-12-24(30)29-13-6-8-18-7-4-5-9-23(18)29/h4-5,7,9,15,21H,6,8,10-14,16H2,1-3H3. The largest absolute Gasteiger partial charge is 0.312 e. The van der Waals surface area contributed by atoms with E-state index in [2.05, 4.69) is 32.9 Å². The molecule has 0 saturated carbocycles. The summed E-state index contributed by atoms with van der Waals surface area (Å²) in [5, 5.41) is 10.5. The Hall–Kier alpha value is -2.32. The van der Waals surface area contributed by atoms with E-state index >= 15 is 0 Å². The van der Waals surface area contributed by atoms with Gasteiger partial charge in [0.1, 0.15) is 11.1 Å². The molecule has 0 N–H and O–H groups in total. The molecule has 0 spiro atoms. The first-order chi connectivity index (χ1) is 14.9. The molecule has 0 saturated heterocycles. The lowest BCUT2D eigenvalue weighted by Crippen LogP contribution is -2.35. The average molecular weight is 434 g/mol. The van der Waals surface area contributed by atoms with Crippen LogP contribution in [0.5, 0.6) is 0 Å². The topological polar surface area (TPSA) is 57.0 Å². The van der Waals surface area contributed by atoms with E-state index in [0.717, 1.165) is 55.1 Å². The molecule has 1 amide bonds. The Morgan fingerprint density at radius 2 is 2.06 bits per heavy atom. The molecule has 4 nitrogen and oxygen atoms in total. The van der Waals surface area contributed by atoms with Crippen molar-refractivity contribution in [3.63, 3.8) is 0 Å². The second kappa shape index (κ2) is 9.04. The number of benzene rings is 1. The number of nitriles is 1. The van der Waals surface area contributed by atoms with Crippen LogP contribution >= 0.6 is 11.8 Å². The van der Waals surface area contributed by atoms with Crippen LogP contribution in [0.2, 0.25) is 0 Å². The second-order valence-electron chi connectivity index (χ2n) is 9.74. The molecule has 2 aliphatic rings. The van der Waals surface area contributed by atoms with E-state index in [9.17, 15) is 10.1 Å². The van der Waals surface area contributed by atoms with Crippen molar-refractivity contribution >= 4 is 23.4 Å². The quantitative estimate of drug-likeness (QED) is 0.592. The van der Waals surface area contributed by atoms with Crippen LogP contribution in [0.25, 0.3) is 0 Å². The number of para-hydroxylation sites is 1. The predicted octanol–water partition coefficient (Wildman–Crippen LogP) is 5.57. The molecular weight excluding hydrogens is 402 g/mol. The van der Waals surface area contributed by atoms with Crippen LogP contribution in [0.4, 0.5) is 5.69 Å². The summed E-state index contributed by atoms with van der Waals surface area (Å²) in [6.45, 7) is 7.67. The van der Waals surface area contributed by atoms with Gasteiger partial charge < -0.3 is 4.90 Å². The molecule has 1 aliphatic carbocycles. The van der Waals surface area contributed by atoms with Crippen molar-refractivity contribution in [3.05, 3.63) is 52.7 Å². The summed E-state index contributed by atoms with van der Waals surface area (Å²) in [6, 6.07) is 12.6. The van der Waals surface area contributed by atoms with Gasteiger partial charge in [-0.2, -0.15) is 5.26 Å². The van der Waals surface area contributed by atoms with Crippen LogP contribution in [0.1, 0.15) is 62.4 Å². The van der Waals surface area contributed by atoms with Gasteiger partial charge in [0.05, 0.1) is 5.56 Å². The van der Waals surface area contributed by atoms with Gasteiger partial charge in [-0.25, -0.2) is 4.98 Å².